The molecule has 0 saturated carbocycles. The Morgan fingerprint density at radius 1 is 1.50 bits per heavy atom. The zero-order valence-corrected chi connectivity index (χ0v) is 10.9. The Hall–Kier alpha value is -1.76. The van der Waals surface area contributed by atoms with Gasteiger partial charge in [-0.15, -0.1) is 0 Å². The van der Waals surface area contributed by atoms with Crippen LogP contribution >= 0.6 is 15.9 Å². The molecule has 0 bridgehead atoms. The van der Waals surface area contributed by atoms with Gasteiger partial charge in [-0.2, -0.15) is 0 Å². The van der Waals surface area contributed by atoms with Crippen LogP contribution in [-0.4, -0.2) is 28.7 Å². The first-order valence-electron chi connectivity index (χ1n) is 5.33. The number of piperidine rings is 1. The van der Waals surface area contributed by atoms with Gasteiger partial charge in [0.05, 0.1) is 5.56 Å². The third-order valence-electron chi connectivity index (χ3n) is 2.55. The van der Waals surface area contributed by atoms with E-state index in [9.17, 15) is 14.4 Å². The minimum Gasteiger partial charge on any atom is -0.340 e. The summed E-state index contributed by atoms with van der Waals surface area (Å²) in [6.07, 6.45) is 2.09. The molecule has 0 aromatic carbocycles. The number of carbonyl (C=O) groups is 3. The quantitative estimate of drug-likeness (QED) is 0.610. The van der Waals surface area contributed by atoms with Crippen molar-refractivity contribution >= 4 is 33.7 Å². The van der Waals surface area contributed by atoms with Crippen LogP contribution in [0.15, 0.2) is 22.9 Å². The summed E-state index contributed by atoms with van der Waals surface area (Å²) < 4.78 is 0.412. The molecule has 1 fully saturated rings. The molecule has 1 aliphatic heterocycles. The Kier molecular flexibility index (Phi) is 3.71. The van der Waals surface area contributed by atoms with Crippen LogP contribution in [0.1, 0.15) is 23.2 Å². The molecule has 1 aliphatic rings. The first-order chi connectivity index (χ1) is 8.58. The zero-order valence-electron chi connectivity index (χ0n) is 9.27. The van der Waals surface area contributed by atoms with E-state index in [2.05, 4.69) is 31.5 Å². The summed E-state index contributed by atoms with van der Waals surface area (Å²) in [4.78, 5) is 38.3. The standard InChI is InChI=1S/C11H10BrN3O3/c12-9-6(2-1-5-13-9)10(17)14-7-3-4-8(16)15-11(7)18/h1-2,5,7H,3-4H2,(H,14,17)(H,15,16,18). The molecule has 94 valence electrons. The average Bonchev–Trinajstić information content (AvgIpc) is 2.33. The van der Waals surface area contributed by atoms with Crippen molar-refractivity contribution in [3.63, 3.8) is 0 Å². The molecule has 2 heterocycles. The van der Waals surface area contributed by atoms with Crippen molar-refractivity contribution in [2.24, 2.45) is 0 Å². The van der Waals surface area contributed by atoms with Crippen LogP contribution < -0.4 is 10.6 Å². The Morgan fingerprint density at radius 2 is 2.28 bits per heavy atom. The van der Waals surface area contributed by atoms with Gasteiger partial charge in [-0.3, -0.25) is 19.7 Å². The Bertz CT molecular complexity index is 518. The van der Waals surface area contributed by atoms with Crippen LogP contribution in [0.5, 0.6) is 0 Å². The molecule has 1 aromatic rings. The number of hydrogen-bond acceptors (Lipinski definition) is 4. The third-order valence-corrected chi connectivity index (χ3v) is 3.18. The molecule has 0 spiro atoms. The van der Waals surface area contributed by atoms with Crippen molar-refractivity contribution in [1.29, 1.82) is 0 Å². The summed E-state index contributed by atoms with van der Waals surface area (Å²) in [6.45, 7) is 0. The molecule has 1 saturated heterocycles. The number of amides is 3. The molecule has 0 radical (unpaired) electrons. The fourth-order valence-corrected chi connectivity index (χ4v) is 2.05. The number of rotatable bonds is 2. The van der Waals surface area contributed by atoms with Crippen LogP contribution in [-0.2, 0) is 9.59 Å². The van der Waals surface area contributed by atoms with Crippen molar-refractivity contribution in [1.82, 2.24) is 15.6 Å². The molecule has 7 heteroatoms. The van der Waals surface area contributed by atoms with E-state index in [0.29, 0.717) is 16.6 Å². The number of carbonyl (C=O) groups excluding carboxylic acids is 3. The van der Waals surface area contributed by atoms with Gasteiger partial charge in [-0.25, -0.2) is 4.98 Å². The van der Waals surface area contributed by atoms with E-state index in [1.165, 1.54) is 0 Å². The lowest BCUT2D eigenvalue weighted by Gasteiger charge is -2.21. The topological polar surface area (TPSA) is 88.2 Å². The number of nitrogens with one attached hydrogen (secondary N) is 2. The van der Waals surface area contributed by atoms with Crippen LogP contribution in [0.25, 0.3) is 0 Å². The van der Waals surface area contributed by atoms with Crippen molar-refractivity contribution < 1.29 is 14.4 Å². The Balaban J connectivity index is 2.06. The smallest absolute Gasteiger partial charge is 0.254 e. The van der Waals surface area contributed by atoms with E-state index in [0.717, 1.165) is 0 Å². The minimum absolute atomic E-state index is 0.227. The van der Waals surface area contributed by atoms with Gasteiger partial charge in [0.15, 0.2) is 0 Å². The van der Waals surface area contributed by atoms with E-state index in [4.69, 9.17) is 0 Å². The highest BCUT2D eigenvalue weighted by molar-refractivity contribution is 9.10. The molecule has 18 heavy (non-hydrogen) atoms. The van der Waals surface area contributed by atoms with Gasteiger partial charge in [0.25, 0.3) is 5.91 Å². The van der Waals surface area contributed by atoms with E-state index in [1.54, 1.807) is 18.3 Å². The summed E-state index contributed by atoms with van der Waals surface area (Å²) in [5.74, 6) is -1.18. The molecular weight excluding hydrogens is 302 g/mol. The monoisotopic (exact) mass is 311 g/mol. The van der Waals surface area contributed by atoms with Crippen molar-refractivity contribution in [3.05, 3.63) is 28.5 Å². The predicted molar refractivity (Wildman–Crippen MR) is 65.6 cm³/mol. The molecule has 1 atom stereocenters. The predicted octanol–water partition coefficient (Wildman–Crippen LogP) is 0.379. The molecule has 3 amide bonds. The molecule has 2 rings (SSSR count). The summed E-state index contributed by atoms with van der Waals surface area (Å²) >= 11 is 3.16. The lowest BCUT2D eigenvalue weighted by atomic mass is 10.1. The van der Waals surface area contributed by atoms with Gasteiger partial charge in [0, 0.05) is 12.6 Å². The summed E-state index contributed by atoms with van der Waals surface area (Å²) in [5.41, 5.74) is 0.349. The SMILES string of the molecule is O=C1CCC(NC(=O)c2cccnc2Br)C(=O)N1. The van der Waals surface area contributed by atoms with Crippen LogP contribution in [0.2, 0.25) is 0 Å². The number of imide groups is 1. The van der Waals surface area contributed by atoms with E-state index < -0.39 is 17.9 Å². The van der Waals surface area contributed by atoms with Gasteiger partial charge in [0.2, 0.25) is 11.8 Å². The number of halogens is 1. The number of hydrogen-bond donors (Lipinski definition) is 2. The van der Waals surface area contributed by atoms with E-state index in [1.807, 2.05) is 0 Å². The summed E-state index contributed by atoms with van der Waals surface area (Å²) in [6, 6.07) is 2.55. The molecule has 1 unspecified atom stereocenters. The summed E-state index contributed by atoms with van der Waals surface area (Å²) in [5, 5.41) is 4.75. The highest BCUT2D eigenvalue weighted by Gasteiger charge is 2.28. The molecule has 2 N–H and O–H groups in total. The number of pyridine rings is 1. The molecule has 1 aromatic heterocycles. The maximum atomic E-state index is 11.9. The van der Waals surface area contributed by atoms with E-state index >= 15 is 0 Å². The minimum atomic E-state index is -0.678. The van der Waals surface area contributed by atoms with Crippen LogP contribution in [0.4, 0.5) is 0 Å². The van der Waals surface area contributed by atoms with Crippen molar-refractivity contribution in [2.75, 3.05) is 0 Å². The largest absolute Gasteiger partial charge is 0.340 e. The highest BCUT2D eigenvalue weighted by atomic mass is 79.9. The van der Waals surface area contributed by atoms with Gasteiger partial charge >= 0.3 is 0 Å². The Labute approximate surface area is 111 Å². The molecule has 6 nitrogen and oxygen atoms in total. The molecular formula is C11H10BrN3O3. The number of nitrogens with zero attached hydrogens (tertiary/aromatic N) is 1. The maximum absolute atomic E-state index is 11.9. The van der Waals surface area contributed by atoms with Gasteiger partial charge in [-0.05, 0) is 34.5 Å². The summed E-state index contributed by atoms with van der Waals surface area (Å²) in [7, 11) is 0. The lowest BCUT2D eigenvalue weighted by molar-refractivity contribution is -0.134. The second kappa shape index (κ2) is 5.26. The Morgan fingerprint density at radius 3 is 2.94 bits per heavy atom. The first kappa shape index (κ1) is 12.7. The third kappa shape index (κ3) is 2.73. The highest BCUT2D eigenvalue weighted by Crippen LogP contribution is 2.13. The number of aromatic nitrogens is 1. The lowest BCUT2D eigenvalue weighted by Crippen LogP contribution is -2.52. The fraction of sp³-hybridized carbons (Fsp3) is 0.273. The van der Waals surface area contributed by atoms with Gasteiger partial charge in [0.1, 0.15) is 10.6 Å². The van der Waals surface area contributed by atoms with Crippen LogP contribution in [0, 0.1) is 0 Å². The van der Waals surface area contributed by atoms with Crippen LogP contribution in [0.3, 0.4) is 0 Å². The van der Waals surface area contributed by atoms with Gasteiger partial charge in [-0.1, -0.05) is 0 Å². The van der Waals surface area contributed by atoms with Crippen molar-refractivity contribution in [3.8, 4) is 0 Å². The average molecular weight is 312 g/mol. The van der Waals surface area contributed by atoms with Gasteiger partial charge < -0.3 is 5.32 Å². The maximum Gasteiger partial charge on any atom is 0.254 e. The zero-order chi connectivity index (χ0) is 13.1. The second-order valence-corrected chi connectivity index (χ2v) is 4.57. The first-order valence-corrected chi connectivity index (χ1v) is 6.12. The normalized spacial score (nSPS) is 19.3. The second-order valence-electron chi connectivity index (χ2n) is 3.82. The fourth-order valence-electron chi connectivity index (χ4n) is 1.62. The van der Waals surface area contributed by atoms with Crippen molar-refractivity contribution in [2.45, 2.75) is 18.9 Å². The molecule has 0 aliphatic carbocycles. The van der Waals surface area contributed by atoms with E-state index in [-0.39, 0.29) is 12.3 Å².